The van der Waals surface area contributed by atoms with Crippen molar-refractivity contribution in [3.05, 3.63) is 52.3 Å². The highest BCUT2D eigenvalue weighted by molar-refractivity contribution is 9.10. The number of hydrogen-bond donors (Lipinski definition) is 2. The molecule has 2 aromatic carbocycles. The van der Waals surface area contributed by atoms with E-state index < -0.39 is 0 Å². The number of halogens is 2. The standard InChI is InChI=1S/C13H12BrFN2/c1-8-7-9(5-6-12(8)16)17-13-10(14)3-2-4-11(13)15/h2-7,17H,16H2,1H3. The fraction of sp³-hybridized carbons (Fsp3) is 0.0769. The van der Waals surface area contributed by atoms with E-state index in [1.807, 2.05) is 19.1 Å². The molecule has 0 saturated carbocycles. The van der Waals surface area contributed by atoms with Gasteiger partial charge in [-0.15, -0.1) is 0 Å². The van der Waals surface area contributed by atoms with Gasteiger partial charge in [-0.1, -0.05) is 6.07 Å². The third kappa shape index (κ3) is 2.58. The Morgan fingerprint density at radius 2 is 2.00 bits per heavy atom. The molecule has 0 aliphatic heterocycles. The average Bonchev–Trinajstić information content (AvgIpc) is 2.28. The van der Waals surface area contributed by atoms with Gasteiger partial charge >= 0.3 is 0 Å². The molecule has 0 aromatic heterocycles. The molecule has 17 heavy (non-hydrogen) atoms. The fourth-order valence-electron chi connectivity index (χ4n) is 1.52. The van der Waals surface area contributed by atoms with E-state index in [1.54, 1.807) is 18.2 Å². The van der Waals surface area contributed by atoms with Crippen LogP contribution in [-0.2, 0) is 0 Å². The molecule has 2 aromatic rings. The van der Waals surface area contributed by atoms with Gasteiger partial charge in [-0.05, 0) is 58.7 Å². The van der Waals surface area contributed by atoms with Crippen molar-refractivity contribution < 1.29 is 4.39 Å². The van der Waals surface area contributed by atoms with Crippen LogP contribution in [0.3, 0.4) is 0 Å². The highest BCUT2D eigenvalue weighted by atomic mass is 79.9. The quantitative estimate of drug-likeness (QED) is 0.814. The van der Waals surface area contributed by atoms with Crippen LogP contribution in [0.5, 0.6) is 0 Å². The number of nitrogens with two attached hydrogens (primary N) is 1. The van der Waals surface area contributed by atoms with E-state index in [4.69, 9.17) is 5.73 Å². The average molecular weight is 295 g/mol. The lowest BCUT2D eigenvalue weighted by molar-refractivity contribution is 0.631. The molecule has 2 rings (SSSR count). The van der Waals surface area contributed by atoms with Crippen molar-refractivity contribution in [2.45, 2.75) is 6.92 Å². The van der Waals surface area contributed by atoms with Crippen molar-refractivity contribution in [3.8, 4) is 0 Å². The van der Waals surface area contributed by atoms with Crippen molar-refractivity contribution in [1.82, 2.24) is 0 Å². The SMILES string of the molecule is Cc1cc(Nc2c(F)cccc2Br)ccc1N. The molecule has 0 aliphatic rings. The monoisotopic (exact) mass is 294 g/mol. The molecule has 0 heterocycles. The Morgan fingerprint density at radius 3 is 2.65 bits per heavy atom. The topological polar surface area (TPSA) is 38.0 Å². The van der Waals surface area contributed by atoms with Gasteiger partial charge in [0.05, 0.1) is 5.69 Å². The van der Waals surface area contributed by atoms with E-state index in [0.29, 0.717) is 10.2 Å². The first-order valence-corrected chi connectivity index (χ1v) is 5.94. The van der Waals surface area contributed by atoms with Gasteiger partial charge in [-0.3, -0.25) is 0 Å². The largest absolute Gasteiger partial charge is 0.399 e. The summed E-state index contributed by atoms with van der Waals surface area (Å²) in [4.78, 5) is 0. The molecule has 0 bridgehead atoms. The molecule has 0 amide bonds. The number of hydrogen-bond acceptors (Lipinski definition) is 2. The molecule has 0 atom stereocenters. The van der Waals surface area contributed by atoms with Crippen molar-refractivity contribution >= 4 is 33.0 Å². The number of nitrogens with one attached hydrogen (secondary N) is 1. The minimum Gasteiger partial charge on any atom is -0.399 e. The third-order valence-corrected chi connectivity index (χ3v) is 3.16. The van der Waals surface area contributed by atoms with Gasteiger partial charge in [-0.2, -0.15) is 0 Å². The predicted octanol–water partition coefficient (Wildman–Crippen LogP) is 4.22. The second kappa shape index (κ2) is 4.75. The number of nitrogen functional groups attached to an aromatic ring is 1. The van der Waals surface area contributed by atoms with Crippen LogP contribution in [-0.4, -0.2) is 0 Å². The molecule has 4 heteroatoms. The van der Waals surface area contributed by atoms with Gasteiger partial charge in [0.1, 0.15) is 5.82 Å². The van der Waals surface area contributed by atoms with E-state index in [-0.39, 0.29) is 5.82 Å². The number of para-hydroxylation sites is 1. The maximum absolute atomic E-state index is 13.6. The van der Waals surface area contributed by atoms with Crippen molar-refractivity contribution in [1.29, 1.82) is 0 Å². The lowest BCUT2D eigenvalue weighted by Gasteiger charge is -2.11. The minimum absolute atomic E-state index is 0.297. The number of anilines is 3. The van der Waals surface area contributed by atoms with E-state index in [9.17, 15) is 4.39 Å². The van der Waals surface area contributed by atoms with Gasteiger partial charge in [0.2, 0.25) is 0 Å². The lowest BCUT2D eigenvalue weighted by Crippen LogP contribution is -1.96. The first kappa shape index (κ1) is 11.9. The first-order valence-electron chi connectivity index (χ1n) is 5.15. The van der Waals surface area contributed by atoms with E-state index in [0.717, 1.165) is 16.9 Å². The van der Waals surface area contributed by atoms with Crippen molar-refractivity contribution in [3.63, 3.8) is 0 Å². The smallest absolute Gasteiger partial charge is 0.147 e. The first-order chi connectivity index (χ1) is 8.08. The summed E-state index contributed by atoms with van der Waals surface area (Å²) in [6, 6.07) is 10.4. The summed E-state index contributed by atoms with van der Waals surface area (Å²) in [6.07, 6.45) is 0. The Kier molecular flexibility index (Phi) is 3.33. The zero-order valence-corrected chi connectivity index (χ0v) is 10.9. The van der Waals surface area contributed by atoms with Crippen molar-refractivity contribution in [2.24, 2.45) is 0 Å². The Hall–Kier alpha value is -1.55. The predicted molar refractivity (Wildman–Crippen MR) is 73.0 cm³/mol. The van der Waals surface area contributed by atoms with Crippen LogP contribution < -0.4 is 11.1 Å². The van der Waals surface area contributed by atoms with E-state index in [2.05, 4.69) is 21.2 Å². The number of rotatable bonds is 2. The summed E-state index contributed by atoms with van der Waals surface area (Å²) in [7, 11) is 0. The van der Waals surface area contributed by atoms with Crippen LogP contribution >= 0.6 is 15.9 Å². The molecule has 0 aliphatic carbocycles. The maximum Gasteiger partial charge on any atom is 0.147 e. The molecule has 0 radical (unpaired) electrons. The second-order valence-corrected chi connectivity index (χ2v) is 4.65. The summed E-state index contributed by atoms with van der Waals surface area (Å²) < 4.78 is 14.3. The van der Waals surface area contributed by atoms with Crippen LogP contribution in [0.2, 0.25) is 0 Å². The molecule has 88 valence electrons. The molecular formula is C13H12BrFN2. The number of benzene rings is 2. The minimum atomic E-state index is -0.297. The van der Waals surface area contributed by atoms with Crippen molar-refractivity contribution in [2.75, 3.05) is 11.1 Å². The highest BCUT2D eigenvalue weighted by Crippen LogP contribution is 2.29. The molecule has 0 saturated heterocycles. The Labute approximate surface area is 108 Å². The molecule has 0 fully saturated rings. The normalized spacial score (nSPS) is 10.3. The number of aryl methyl sites for hydroxylation is 1. The summed E-state index contributed by atoms with van der Waals surface area (Å²) in [5.41, 5.74) is 8.65. The van der Waals surface area contributed by atoms with Crippen LogP contribution in [0.1, 0.15) is 5.56 Å². The molecule has 2 nitrogen and oxygen atoms in total. The zero-order chi connectivity index (χ0) is 12.4. The van der Waals surface area contributed by atoms with Gasteiger partial charge < -0.3 is 11.1 Å². The van der Waals surface area contributed by atoms with E-state index >= 15 is 0 Å². The summed E-state index contributed by atoms with van der Waals surface area (Å²) in [5.74, 6) is -0.297. The van der Waals surface area contributed by atoms with Crippen LogP contribution in [0, 0.1) is 12.7 Å². The van der Waals surface area contributed by atoms with Crippen LogP contribution in [0.25, 0.3) is 0 Å². The fourth-order valence-corrected chi connectivity index (χ4v) is 1.96. The second-order valence-electron chi connectivity index (χ2n) is 3.79. The summed E-state index contributed by atoms with van der Waals surface area (Å²) >= 11 is 3.31. The van der Waals surface area contributed by atoms with Crippen LogP contribution in [0.15, 0.2) is 40.9 Å². The third-order valence-electron chi connectivity index (χ3n) is 2.50. The van der Waals surface area contributed by atoms with E-state index in [1.165, 1.54) is 6.07 Å². The Morgan fingerprint density at radius 1 is 1.24 bits per heavy atom. The molecule has 0 unspecified atom stereocenters. The zero-order valence-electron chi connectivity index (χ0n) is 9.30. The van der Waals surface area contributed by atoms with Gasteiger partial charge in [0, 0.05) is 15.8 Å². The molecule has 3 N–H and O–H groups in total. The maximum atomic E-state index is 13.6. The Bertz CT molecular complexity index is 535. The summed E-state index contributed by atoms with van der Waals surface area (Å²) in [6.45, 7) is 1.91. The Balaban J connectivity index is 2.35. The van der Waals surface area contributed by atoms with Crippen LogP contribution in [0.4, 0.5) is 21.5 Å². The highest BCUT2D eigenvalue weighted by Gasteiger charge is 2.06. The molecular weight excluding hydrogens is 283 g/mol. The van der Waals surface area contributed by atoms with Gasteiger partial charge in [0.15, 0.2) is 0 Å². The molecule has 0 spiro atoms. The lowest BCUT2D eigenvalue weighted by atomic mass is 10.2. The van der Waals surface area contributed by atoms with Gasteiger partial charge in [-0.25, -0.2) is 4.39 Å². The van der Waals surface area contributed by atoms with Gasteiger partial charge in [0.25, 0.3) is 0 Å². The summed E-state index contributed by atoms with van der Waals surface area (Å²) in [5, 5.41) is 3.03.